The molecule has 96 valence electrons. The molecular weight excluding hydrogens is 216 g/mol. The van der Waals surface area contributed by atoms with Crippen molar-refractivity contribution in [3.05, 3.63) is 0 Å². The lowest BCUT2D eigenvalue weighted by atomic mass is 10.0. The number of hydrogen-bond donors (Lipinski definition) is 1. The van der Waals surface area contributed by atoms with Gasteiger partial charge in [0.2, 0.25) is 11.8 Å². The maximum Gasteiger partial charge on any atom is 0.238 e. The number of carbonyl (C=O) groups is 2. The molecule has 1 aliphatic carbocycles. The van der Waals surface area contributed by atoms with Crippen molar-refractivity contribution in [3.8, 4) is 0 Å². The van der Waals surface area contributed by atoms with Gasteiger partial charge < -0.3 is 10.2 Å². The van der Waals surface area contributed by atoms with Gasteiger partial charge in [-0.3, -0.25) is 9.59 Å². The molecule has 4 nitrogen and oxygen atoms in total. The van der Waals surface area contributed by atoms with Crippen LogP contribution in [-0.4, -0.2) is 36.3 Å². The van der Waals surface area contributed by atoms with Gasteiger partial charge in [-0.25, -0.2) is 0 Å². The fourth-order valence-electron chi connectivity index (χ4n) is 2.47. The Balaban J connectivity index is 1.95. The lowest BCUT2D eigenvalue weighted by molar-refractivity contribution is -0.144. The number of hydrogen-bond acceptors (Lipinski definition) is 2. The Bertz CT molecular complexity index is 305. The lowest BCUT2D eigenvalue weighted by Crippen LogP contribution is -2.47. The van der Waals surface area contributed by atoms with E-state index in [1.54, 1.807) is 0 Å². The highest BCUT2D eigenvalue weighted by molar-refractivity contribution is 6.07. The second-order valence-electron chi connectivity index (χ2n) is 5.19. The zero-order valence-corrected chi connectivity index (χ0v) is 10.6. The smallest absolute Gasteiger partial charge is 0.238 e. The minimum absolute atomic E-state index is 0.0464. The standard InChI is InChI=1S/C13H22N2O2/c1-2-8-14-11(16)13(6-7-13)12(17)15-9-4-3-5-10-15/h2-10H2,1H3,(H,14,16). The van der Waals surface area contributed by atoms with E-state index in [4.69, 9.17) is 0 Å². The summed E-state index contributed by atoms with van der Waals surface area (Å²) in [5.41, 5.74) is -0.688. The third-order valence-electron chi connectivity index (χ3n) is 3.77. The summed E-state index contributed by atoms with van der Waals surface area (Å²) >= 11 is 0. The fourth-order valence-corrected chi connectivity index (χ4v) is 2.47. The first-order valence-corrected chi connectivity index (χ1v) is 6.78. The van der Waals surface area contributed by atoms with Crippen molar-refractivity contribution in [2.75, 3.05) is 19.6 Å². The Morgan fingerprint density at radius 2 is 1.82 bits per heavy atom. The molecule has 0 radical (unpaired) electrons. The lowest BCUT2D eigenvalue weighted by Gasteiger charge is -2.30. The summed E-state index contributed by atoms with van der Waals surface area (Å²) < 4.78 is 0. The first-order chi connectivity index (χ1) is 8.20. The quantitative estimate of drug-likeness (QED) is 0.751. The van der Waals surface area contributed by atoms with E-state index in [0.29, 0.717) is 6.54 Å². The zero-order valence-electron chi connectivity index (χ0n) is 10.6. The molecule has 1 N–H and O–H groups in total. The van der Waals surface area contributed by atoms with Crippen LogP contribution in [0.1, 0.15) is 45.4 Å². The van der Waals surface area contributed by atoms with Crippen LogP contribution in [0, 0.1) is 5.41 Å². The number of piperidine rings is 1. The Labute approximate surface area is 103 Å². The molecule has 1 aliphatic heterocycles. The second-order valence-corrected chi connectivity index (χ2v) is 5.19. The summed E-state index contributed by atoms with van der Waals surface area (Å²) in [6.45, 7) is 4.36. The summed E-state index contributed by atoms with van der Waals surface area (Å²) in [6, 6.07) is 0. The van der Waals surface area contributed by atoms with Gasteiger partial charge in [0.25, 0.3) is 0 Å². The monoisotopic (exact) mass is 238 g/mol. The van der Waals surface area contributed by atoms with Gasteiger partial charge >= 0.3 is 0 Å². The Kier molecular flexibility index (Phi) is 3.69. The number of amides is 2. The van der Waals surface area contributed by atoms with E-state index in [9.17, 15) is 9.59 Å². The summed E-state index contributed by atoms with van der Waals surface area (Å²) in [4.78, 5) is 26.3. The molecule has 0 atom stereocenters. The summed E-state index contributed by atoms with van der Waals surface area (Å²) in [5.74, 6) is 0.0285. The molecule has 2 amide bonds. The van der Waals surface area contributed by atoms with Gasteiger partial charge in [-0.05, 0) is 38.5 Å². The Morgan fingerprint density at radius 1 is 1.18 bits per heavy atom. The van der Waals surface area contributed by atoms with Crippen LogP contribution in [0.5, 0.6) is 0 Å². The highest BCUT2D eigenvalue weighted by Gasteiger charge is 2.57. The van der Waals surface area contributed by atoms with E-state index in [0.717, 1.165) is 45.2 Å². The summed E-state index contributed by atoms with van der Waals surface area (Å²) in [6.07, 6.45) is 5.76. The third kappa shape index (κ3) is 2.45. The summed E-state index contributed by atoms with van der Waals surface area (Å²) in [5, 5.41) is 2.87. The zero-order chi connectivity index (χ0) is 12.3. The number of nitrogens with zero attached hydrogens (tertiary/aromatic N) is 1. The van der Waals surface area contributed by atoms with Crippen LogP contribution in [0.4, 0.5) is 0 Å². The minimum Gasteiger partial charge on any atom is -0.355 e. The minimum atomic E-state index is -0.688. The topological polar surface area (TPSA) is 49.4 Å². The van der Waals surface area contributed by atoms with Crippen molar-refractivity contribution < 1.29 is 9.59 Å². The summed E-state index contributed by atoms with van der Waals surface area (Å²) in [7, 11) is 0. The largest absolute Gasteiger partial charge is 0.355 e. The number of nitrogens with one attached hydrogen (secondary N) is 1. The van der Waals surface area contributed by atoms with E-state index in [1.807, 2.05) is 11.8 Å². The SMILES string of the molecule is CCCNC(=O)C1(C(=O)N2CCCCC2)CC1. The van der Waals surface area contributed by atoms with Gasteiger partial charge in [0.15, 0.2) is 0 Å². The van der Waals surface area contributed by atoms with Crippen LogP contribution in [0.3, 0.4) is 0 Å². The predicted octanol–water partition coefficient (Wildman–Crippen LogP) is 1.31. The van der Waals surface area contributed by atoms with Crippen molar-refractivity contribution in [1.82, 2.24) is 10.2 Å². The molecule has 0 aromatic heterocycles. The number of likely N-dealkylation sites (tertiary alicyclic amines) is 1. The molecule has 2 aliphatic rings. The maximum atomic E-state index is 12.4. The average Bonchev–Trinajstić information content (AvgIpc) is 3.17. The molecule has 1 heterocycles. The first-order valence-electron chi connectivity index (χ1n) is 6.78. The van der Waals surface area contributed by atoms with Crippen molar-refractivity contribution in [2.45, 2.75) is 45.4 Å². The van der Waals surface area contributed by atoms with E-state index >= 15 is 0 Å². The molecule has 4 heteroatoms. The predicted molar refractivity (Wildman–Crippen MR) is 65.4 cm³/mol. The van der Waals surface area contributed by atoms with Gasteiger partial charge in [-0.15, -0.1) is 0 Å². The molecule has 0 bridgehead atoms. The molecule has 0 aromatic carbocycles. The Hall–Kier alpha value is -1.06. The van der Waals surface area contributed by atoms with Crippen LogP contribution >= 0.6 is 0 Å². The number of rotatable bonds is 4. The molecule has 1 saturated carbocycles. The van der Waals surface area contributed by atoms with Crippen molar-refractivity contribution in [1.29, 1.82) is 0 Å². The van der Waals surface area contributed by atoms with E-state index in [1.165, 1.54) is 6.42 Å². The molecule has 0 aromatic rings. The van der Waals surface area contributed by atoms with Crippen molar-refractivity contribution in [3.63, 3.8) is 0 Å². The normalized spacial score (nSPS) is 22.1. The molecular formula is C13H22N2O2. The highest BCUT2D eigenvalue weighted by atomic mass is 16.2. The second kappa shape index (κ2) is 5.07. The van der Waals surface area contributed by atoms with Gasteiger partial charge in [0, 0.05) is 19.6 Å². The average molecular weight is 238 g/mol. The maximum absolute atomic E-state index is 12.4. The fraction of sp³-hybridized carbons (Fsp3) is 0.846. The van der Waals surface area contributed by atoms with Gasteiger partial charge in [-0.2, -0.15) is 0 Å². The molecule has 0 unspecified atom stereocenters. The van der Waals surface area contributed by atoms with E-state index in [-0.39, 0.29) is 11.8 Å². The van der Waals surface area contributed by atoms with Gasteiger partial charge in [-0.1, -0.05) is 6.92 Å². The van der Waals surface area contributed by atoms with Crippen molar-refractivity contribution >= 4 is 11.8 Å². The van der Waals surface area contributed by atoms with E-state index < -0.39 is 5.41 Å². The van der Waals surface area contributed by atoms with Gasteiger partial charge in [0.05, 0.1) is 0 Å². The van der Waals surface area contributed by atoms with Crippen LogP contribution in [0.2, 0.25) is 0 Å². The first kappa shape index (κ1) is 12.4. The van der Waals surface area contributed by atoms with Crippen LogP contribution in [-0.2, 0) is 9.59 Å². The molecule has 2 rings (SSSR count). The molecule has 17 heavy (non-hydrogen) atoms. The Morgan fingerprint density at radius 3 is 2.35 bits per heavy atom. The molecule has 1 saturated heterocycles. The molecule has 0 spiro atoms. The van der Waals surface area contributed by atoms with Crippen molar-refractivity contribution in [2.24, 2.45) is 5.41 Å². The van der Waals surface area contributed by atoms with Crippen LogP contribution in [0.25, 0.3) is 0 Å². The number of carbonyl (C=O) groups excluding carboxylic acids is 2. The van der Waals surface area contributed by atoms with Crippen LogP contribution in [0.15, 0.2) is 0 Å². The van der Waals surface area contributed by atoms with Gasteiger partial charge in [0.1, 0.15) is 5.41 Å². The van der Waals surface area contributed by atoms with E-state index in [2.05, 4.69) is 5.32 Å². The molecule has 2 fully saturated rings. The van der Waals surface area contributed by atoms with Crippen LogP contribution < -0.4 is 5.32 Å². The highest BCUT2D eigenvalue weighted by Crippen LogP contribution is 2.47. The third-order valence-corrected chi connectivity index (χ3v) is 3.77.